The fourth-order valence-corrected chi connectivity index (χ4v) is 5.70. The lowest BCUT2D eigenvalue weighted by Gasteiger charge is -2.35. The number of nitrogens with zero attached hydrogens (tertiary/aromatic N) is 5. The summed E-state index contributed by atoms with van der Waals surface area (Å²) in [5, 5.41) is 5.54. The number of halogens is 1. The van der Waals surface area contributed by atoms with Crippen LogP contribution in [0.15, 0.2) is 48.5 Å². The number of amides is 1. The molecule has 5 rings (SSSR count). The molecule has 0 aliphatic carbocycles. The van der Waals surface area contributed by atoms with Crippen LogP contribution in [0, 0.1) is 5.82 Å². The van der Waals surface area contributed by atoms with Crippen molar-refractivity contribution < 1.29 is 14.0 Å². The number of unbranched alkanes of at least 4 members (excludes halogenated alkanes) is 1. The topological polar surface area (TPSA) is 61.7 Å². The van der Waals surface area contributed by atoms with Crippen LogP contribution >= 0.6 is 11.8 Å². The van der Waals surface area contributed by atoms with E-state index in [1.54, 1.807) is 30.0 Å². The maximum Gasteiger partial charge on any atom is 0.278 e. The van der Waals surface area contributed by atoms with Gasteiger partial charge in [0.2, 0.25) is 5.91 Å². The minimum atomic E-state index is -0.389. The third-order valence-electron chi connectivity index (χ3n) is 6.80. The van der Waals surface area contributed by atoms with Gasteiger partial charge in [0.25, 0.3) is 5.91 Å². The molecular formula is C26H30FN5O2S. The second kappa shape index (κ2) is 10.4. The summed E-state index contributed by atoms with van der Waals surface area (Å²) in [6.45, 7) is 7.21. The molecule has 2 aromatic carbocycles. The molecule has 1 amide bonds. The minimum Gasteiger partial charge on any atom is -0.352 e. The Kier molecular flexibility index (Phi) is 7.06. The van der Waals surface area contributed by atoms with E-state index >= 15 is 0 Å². The lowest BCUT2D eigenvalue weighted by atomic mass is 10.2. The second-order valence-corrected chi connectivity index (χ2v) is 10.4. The zero-order chi connectivity index (χ0) is 24.4. The SMILES string of the molecule is CC1SCN(CCCCN2CCN(c3nn(C(=O)c4ccccc4)c4cc(F)ccc34)CC2)C1=O. The molecule has 3 heterocycles. The monoisotopic (exact) mass is 495 g/mol. The molecule has 0 N–H and O–H groups in total. The highest BCUT2D eigenvalue weighted by molar-refractivity contribution is 8.01. The van der Waals surface area contributed by atoms with Gasteiger partial charge in [0, 0.05) is 49.7 Å². The van der Waals surface area contributed by atoms with Gasteiger partial charge in [0.15, 0.2) is 5.82 Å². The smallest absolute Gasteiger partial charge is 0.278 e. The molecule has 1 unspecified atom stereocenters. The first-order chi connectivity index (χ1) is 17.0. The van der Waals surface area contributed by atoms with Crippen molar-refractivity contribution in [2.45, 2.75) is 25.0 Å². The van der Waals surface area contributed by atoms with Crippen LogP contribution in [0.1, 0.15) is 30.1 Å². The number of hydrogen-bond donors (Lipinski definition) is 0. The lowest BCUT2D eigenvalue weighted by molar-refractivity contribution is -0.128. The summed E-state index contributed by atoms with van der Waals surface area (Å²) in [5.41, 5.74) is 1.00. The van der Waals surface area contributed by atoms with Crippen LogP contribution in [0.4, 0.5) is 10.2 Å². The number of thioether (sulfide) groups is 1. The number of carbonyl (C=O) groups is 2. The van der Waals surface area contributed by atoms with Crippen LogP contribution < -0.4 is 4.90 Å². The minimum absolute atomic E-state index is 0.0992. The number of anilines is 1. The highest BCUT2D eigenvalue weighted by Crippen LogP contribution is 2.29. The highest BCUT2D eigenvalue weighted by Gasteiger charge is 2.28. The molecule has 35 heavy (non-hydrogen) atoms. The van der Waals surface area contributed by atoms with Crippen molar-refractivity contribution >= 4 is 40.3 Å². The molecule has 0 spiro atoms. The molecule has 184 valence electrons. The molecule has 2 saturated heterocycles. The van der Waals surface area contributed by atoms with E-state index in [9.17, 15) is 14.0 Å². The normalized spacial score (nSPS) is 19.1. The van der Waals surface area contributed by atoms with Crippen LogP contribution in [0.3, 0.4) is 0 Å². The highest BCUT2D eigenvalue weighted by atomic mass is 32.2. The van der Waals surface area contributed by atoms with Gasteiger partial charge in [0.1, 0.15) is 5.82 Å². The number of fused-ring (bicyclic) bond motifs is 1. The van der Waals surface area contributed by atoms with E-state index < -0.39 is 0 Å². The van der Waals surface area contributed by atoms with E-state index in [2.05, 4.69) is 14.9 Å². The van der Waals surface area contributed by atoms with Gasteiger partial charge in [-0.1, -0.05) is 18.2 Å². The van der Waals surface area contributed by atoms with E-state index in [0.717, 1.165) is 69.2 Å². The molecule has 2 fully saturated rings. The maximum absolute atomic E-state index is 14.1. The first kappa shape index (κ1) is 23.8. The Morgan fingerprint density at radius 2 is 1.80 bits per heavy atom. The average Bonchev–Trinajstić information content (AvgIpc) is 3.42. The Morgan fingerprint density at radius 1 is 1.06 bits per heavy atom. The fourth-order valence-electron chi connectivity index (χ4n) is 4.75. The first-order valence-electron chi connectivity index (χ1n) is 12.2. The average molecular weight is 496 g/mol. The molecule has 0 saturated carbocycles. The maximum atomic E-state index is 14.1. The Labute approximate surface area is 208 Å². The number of hydrogen-bond acceptors (Lipinski definition) is 6. The van der Waals surface area contributed by atoms with Gasteiger partial charge in [-0.15, -0.1) is 16.9 Å². The Bertz CT molecular complexity index is 1210. The quantitative estimate of drug-likeness (QED) is 0.466. The molecule has 0 radical (unpaired) electrons. The molecule has 0 bridgehead atoms. The van der Waals surface area contributed by atoms with Crippen molar-refractivity contribution in [3.63, 3.8) is 0 Å². The van der Waals surface area contributed by atoms with E-state index in [-0.39, 0.29) is 22.9 Å². The molecule has 1 aromatic heterocycles. The summed E-state index contributed by atoms with van der Waals surface area (Å²) in [5.74, 6) is 1.15. The number of rotatable bonds is 7. The summed E-state index contributed by atoms with van der Waals surface area (Å²) >= 11 is 1.71. The molecule has 1 atom stereocenters. The van der Waals surface area contributed by atoms with Gasteiger partial charge < -0.3 is 9.80 Å². The van der Waals surface area contributed by atoms with Crippen molar-refractivity contribution in [1.29, 1.82) is 0 Å². The van der Waals surface area contributed by atoms with Crippen LogP contribution in [0.2, 0.25) is 0 Å². The molecule has 7 nitrogen and oxygen atoms in total. The van der Waals surface area contributed by atoms with E-state index in [4.69, 9.17) is 0 Å². The van der Waals surface area contributed by atoms with Gasteiger partial charge in [-0.2, -0.15) is 4.68 Å². The Morgan fingerprint density at radius 3 is 2.51 bits per heavy atom. The molecule has 3 aromatic rings. The van der Waals surface area contributed by atoms with Crippen molar-refractivity contribution in [1.82, 2.24) is 19.6 Å². The van der Waals surface area contributed by atoms with Crippen LogP contribution in [0.25, 0.3) is 10.9 Å². The van der Waals surface area contributed by atoms with Crippen molar-refractivity contribution in [3.8, 4) is 0 Å². The summed E-state index contributed by atoms with van der Waals surface area (Å²) < 4.78 is 15.4. The summed E-state index contributed by atoms with van der Waals surface area (Å²) in [7, 11) is 0. The standard InChI is InChI=1S/C26H30FN5O2S/c1-19-25(33)31(18-35-19)12-6-5-11-29-13-15-30(16-14-29)24-22-10-9-21(27)17-23(22)32(28-24)26(34)20-7-3-2-4-8-20/h2-4,7-10,17,19H,5-6,11-16,18H2,1H3. The largest absolute Gasteiger partial charge is 0.352 e. The number of aromatic nitrogens is 2. The van der Waals surface area contributed by atoms with E-state index in [0.29, 0.717) is 11.1 Å². The zero-order valence-corrected chi connectivity index (χ0v) is 20.7. The fraction of sp³-hybridized carbons (Fsp3) is 0.423. The first-order valence-corrected chi connectivity index (χ1v) is 13.2. The van der Waals surface area contributed by atoms with Crippen LogP contribution in [0.5, 0.6) is 0 Å². The Balaban J connectivity index is 1.21. The molecular weight excluding hydrogens is 465 g/mol. The van der Waals surface area contributed by atoms with Gasteiger partial charge in [0.05, 0.1) is 16.6 Å². The number of benzene rings is 2. The van der Waals surface area contributed by atoms with Crippen molar-refractivity contribution in [3.05, 3.63) is 59.9 Å². The summed E-state index contributed by atoms with van der Waals surface area (Å²) in [4.78, 5) is 31.8. The third kappa shape index (κ3) is 5.06. The van der Waals surface area contributed by atoms with Crippen molar-refractivity contribution in [2.24, 2.45) is 0 Å². The molecule has 9 heteroatoms. The molecule has 2 aliphatic rings. The van der Waals surface area contributed by atoms with E-state index in [1.165, 1.54) is 16.8 Å². The van der Waals surface area contributed by atoms with Gasteiger partial charge in [-0.3, -0.25) is 14.5 Å². The van der Waals surface area contributed by atoms with Crippen molar-refractivity contribution in [2.75, 3.05) is 50.0 Å². The number of carbonyl (C=O) groups excluding carboxylic acids is 2. The molecule has 2 aliphatic heterocycles. The lowest BCUT2D eigenvalue weighted by Crippen LogP contribution is -2.47. The zero-order valence-electron chi connectivity index (χ0n) is 19.9. The number of piperazine rings is 1. The van der Waals surface area contributed by atoms with Gasteiger partial charge in [-0.25, -0.2) is 4.39 Å². The van der Waals surface area contributed by atoms with Gasteiger partial charge >= 0.3 is 0 Å². The predicted molar refractivity (Wildman–Crippen MR) is 137 cm³/mol. The van der Waals surface area contributed by atoms with E-state index in [1.807, 2.05) is 30.0 Å². The van der Waals surface area contributed by atoms with Gasteiger partial charge in [-0.05, 0) is 50.6 Å². The second-order valence-electron chi connectivity index (χ2n) is 9.14. The van der Waals surface area contributed by atoms with Crippen LogP contribution in [-0.4, -0.2) is 81.8 Å². The predicted octanol–water partition coefficient (Wildman–Crippen LogP) is 3.69. The summed E-state index contributed by atoms with van der Waals surface area (Å²) in [6.07, 6.45) is 2.08. The third-order valence-corrected chi connectivity index (χ3v) is 7.96. The van der Waals surface area contributed by atoms with Crippen LogP contribution in [-0.2, 0) is 4.79 Å². The Hall–Kier alpha value is -2.91. The summed E-state index contributed by atoms with van der Waals surface area (Å²) in [6, 6.07) is 13.5.